The standard InChI is InChI=1S/C17H26NO7PS2/c1-14(19)18(3)12-22-17(10-24-27,11-25-28)26(23-13-21-15(2)20)9-16-7-5-4-6-8-16/h4-8,27-28H,9-13H2,1-3H3. The van der Waals surface area contributed by atoms with Gasteiger partial charge >= 0.3 is 5.97 Å². The summed E-state index contributed by atoms with van der Waals surface area (Å²) in [5.74, 6) is -0.630. The van der Waals surface area contributed by atoms with Crippen molar-refractivity contribution in [2.75, 3.05) is 33.8 Å². The molecule has 158 valence electrons. The lowest BCUT2D eigenvalue weighted by Crippen LogP contribution is -2.44. The van der Waals surface area contributed by atoms with Gasteiger partial charge in [0.15, 0.2) is 12.1 Å². The Hall–Kier alpha value is -0.870. The van der Waals surface area contributed by atoms with Gasteiger partial charge in [-0.15, -0.1) is 0 Å². The molecule has 11 heteroatoms. The first-order chi connectivity index (χ1) is 13.3. The number of ether oxygens (including phenoxy) is 2. The summed E-state index contributed by atoms with van der Waals surface area (Å²) in [7, 11) is 0.144. The van der Waals surface area contributed by atoms with Gasteiger partial charge in [0.2, 0.25) is 5.91 Å². The van der Waals surface area contributed by atoms with Crippen LogP contribution in [0.15, 0.2) is 30.3 Å². The first-order valence-corrected chi connectivity index (χ1v) is 10.5. The van der Waals surface area contributed by atoms with E-state index in [9.17, 15) is 9.59 Å². The van der Waals surface area contributed by atoms with E-state index in [2.05, 4.69) is 25.8 Å². The number of esters is 1. The quantitative estimate of drug-likeness (QED) is 0.157. The van der Waals surface area contributed by atoms with E-state index in [4.69, 9.17) is 22.4 Å². The summed E-state index contributed by atoms with van der Waals surface area (Å²) >= 11 is 7.73. The lowest BCUT2D eigenvalue weighted by atomic mass is 10.2. The summed E-state index contributed by atoms with van der Waals surface area (Å²) in [5, 5.41) is -1.11. The van der Waals surface area contributed by atoms with Crippen LogP contribution in [0.5, 0.6) is 0 Å². The van der Waals surface area contributed by atoms with Crippen molar-refractivity contribution in [1.29, 1.82) is 0 Å². The Morgan fingerprint density at radius 3 is 2.21 bits per heavy atom. The minimum Gasteiger partial charge on any atom is -0.438 e. The Balaban J connectivity index is 3.12. The van der Waals surface area contributed by atoms with E-state index in [1.54, 1.807) is 7.05 Å². The molecule has 0 fully saturated rings. The molecule has 0 N–H and O–H groups in total. The normalized spacial score (nSPS) is 12.5. The van der Waals surface area contributed by atoms with Crippen LogP contribution in [0.3, 0.4) is 0 Å². The van der Waals surface area contributed by atoms with E-state index in [-0.39, 0.29) is 32.6 Å². The molecular formula is C17H26NO7PS2. The lowest BCUT2D eigenvalue weighted by Gasteiger charge is -2.39. The third-order valence-corrected chi connectivity index (χ3v) is 6.36. The Morgan fingerprint density at radius 1 is 1.11 bits per heavy atom. The van der Waals surface area contributed by atoms with Crippen LogP contribution in [0, 0.1) is 0 Å². The van der Waals surface area contributed by atoms with Gasteiger partial charge in [0.05, 0.1) is 21.4 Å². The predicted molar refractivity (Wildman–Crippen MR) is 112 cm³/mol. The van der Waals surface area contributed by atoms with Crippen molar-refractivity contribution >= 4 is 45.8 Å². The molecule has 1 amide bonds. The first-order valence-electron chi connectivity index (χ1n) is 8.31. The number of hydrogen-bond donors (Lipinski definition) is 2. The molecule has 1 aromatic rings. The van der Waals surface area contributed by atoms with Gasteiger partial charge < -0.3 is 27.3 Å². The fraction of sp³-hybridized carbons (Fsp3) is 0.529. The third kappa shape index (κ3) is 8.65. The monoisotopic (exact) mass is 451 g/mol. The van der Waals surface area contributed by atoms with Crippen molar-refractivity contribution in [1.82, 2.24) is 4.90 Å². The van der Waals surface area contributed by atoms with Crippen LogP contribution in [0.2, 0.25) is 0 Å². The largest absolute Gasteiger partial charge is 0.438 e. The van der Waals surface area contributed by atoms with Crippen LogP contribution in [0.25, 0.3) is 0 Å². The number of rotatable bonds is 13. The number of hydrogen-bond acceptors (Lipinski definition) is 9. The van der Waals surface area contributed by atoms with E-state index in [0.717, 1.165) is 5.56 Å². The highest BCUT2D eigenvalue weighted by atomic mass is 32.1. The van der Waals surface area contributed by atoms with Gasteiger partial charge in [-0.2, -0.15) is 0 Å². The van der Waals surface area contributed by atoms with Gasteiger partial charge in [0, 0.05) is 27.1 Å². The van der Waals surface area contributed by atoms with Crippen molar-refractivity contribution < 1.29 is 32.0 Å². The van der Waals surface area contributed by atoms with Gasteiger partial charge in [-0.1, -0.05) is 30.3 Å². The molecule has 1 atom stereocenters. The van der Waals surface area contributed by atoms with Crippen molar-refractivity contribution in [3.63, 3.8) is 0 Å². The number of benzene rings is 1. The van der Waals surface area contributed by atoms with Crippen LogP contribution in [0.1, 0.15) is 19.4 Å². The highest BCUT2D eigenvalue weighted by Crippen LogP contribution is 2.55. The molecular weight excluding hydrogens is 425 g/mol. The van der Waals surface area contributed by atoms with E-state index >= 15 is 0 Å². The summed E-state index contributed by atoms with van der Waals surface area (Å²) in [6.45, 7) is 2.46. The number of carbonyl (C=O) groups excluding carboxylic acids is 2. The number of nitrogens with zero attached hydrogens (tertiary/aromatic N) is 1. The van der Waals surface area contributed by atoms with Crippen LogP contribution < -0.4 is 0 Å². The molecule has 0 saturated heterocycles. The molecule has 0 aliphatic carbocycles. The fourth-order valence-corrected chi connectivity index (χ4v) is 4.66. The van der Waals surface area contributed by atoms with E-state index in [0.29, 0.717) is 6.16 Å². The molecule has 1 rings (SSSR count). The summed E-state index contributed by atoms with van der Waals surface area (Å²) in [6.07, 6.45) is 0.468. The Kier molecular flexibility index (Phi) is 12.0. The highest BCUT2D eigenvalue weighted by molar-refractivity contribution is 7.75. The maximum Gasteiger partial charge on any atom is 0.304 e. The molecule has 0 saturated carbocycles. The van der Waals surface area contributed by atoms with Crippen molar-refractivity contribution in [2.24, 2.45) is 0 Å². The van der Waals surface area contributed by atoms with Gasteiger partial charge in [0.25, 0.3) is 0 Å². The summed E-state index contributed by atoms with van der Waals surface area (Å²) in [6, 6.07) is 9.61. The average molecular weight is 452 g/mol. The van der Waals surface area contributed by atoms with Crippen LogP contribution in [-0.2, 0) is 38.1 Å². The molecule has 8 nitrogen and oxygen atoms in total. The zero-order valence-electron chi connectivity index (χ0n) is 16.1. The van der Waals surface area contributed by atoms with E-state index in [1.807, 2.05) is 30.3 Å². The average Bonchev–Trinajstić information content (AvgIpc) is 2.66. The molecule has 0 aromatic heterocycles. The van der Waals surface area contributed by atoms with E-state index < -0.39 is 19.5 Å². The second-order valence-electron chi connectivity index (χ2n) is 5.89. The van der Waals surface area contributed by atoms with Crippen LogP contribution in [0.4, 0.5) is 0 Å². The Morgan fingerprint density at radius 2 is 1.71 bits per heavy atom. The van der Waals surface area contributed by atoms with Crippen molar-refractivity contribution in [3.05, 3.63) is 35.9 Å². The van der Waals surface area contributed by atoms with Crippen LogP contribution >= 0.6 is 34.0 Å². The molecule has 0 spiro atoms. The summed E-state index contributed by atoms with van der Waals surface area (Å²) in [4.78, 5) is 24.1. The number of carbonyl (C=O) groups is 2. The topological polar surface area (TPSA) is 83.5 Å². The molecule has 0 radical (unpaired) electrons. The Bertz CT molecular complexity index is 602. The number of amides is 1. The number of thiol groups is 2. The van der Waals surface area contributed by atoms with Crippen LogP contribution in [-0.4, -0.2) is 55.9 Å². The molecule has 0 heterocycles. The van der Waals surface area contributed by atoms with Gasteiger partial charge in [-0.25, -0.2) is 0 Å². The molecule has 0 aliphatic heterocycles. The molecule has 28 heavy (non-hydrogen) atoms. The summed E-state index contributed by atoms with van der Waals surface area (Å²) in [5.41, 5.74) is 0.989. The first kappa shape index (κ1) is 25.2. The molecule has 1 aromatic carbocycles. The summed E-state index contributed by atoms with van der Waals surface area (Å²) < 4.78 is 27.0. The molecule has 0 aliphatic rings. The minimum absolute atomic E-state index is 0.00102. The predicted octanol–water partition coefficient (Wildman–Crippen LogP) is 2.99. The van der Waals surface area contributed by atoms with Crippen molar-refractivity contribution in [3.8, 4) is 0 Å². The second kappa shape index (κ2) is 13.4. The Labute approximate surface area is 177 Å². The smallest absolute Gasteiger partial charge is 0.304 e. The molecule has 1 unspecified atom stereocenters. The highest BCUT2D eigenvalue weighted by Gasteiger charge is 2.43. The third-order valence-electron chi connectivity index (χ3n) is 3.74. The zero-order chi connectivity index (χ0) is 21.0. The zero-order valence-corrected chi connectivity index (χ0v) is 18.8. The van der Waals surface area contributed by atoms with E-state index in [1.165, 1.54) is 18.7 Å². The lowest BCUT2D eigenvalue weighted by molar-refractivity contribution is -0.148. The minimum atomic E-state index is -1.46. The maximum atomic E-state index is 11.6. The van der Waals surface area contributed by atoms with Crippen molar-refractivity contribution in [2.45, 2.75) is 25.4 Å². The maximum absolute atomic E-state index is 11.6. The van der Waals surface area contributed by atoms with Gasteiger partial charge in [-0.3, -0.25) is 9.59 Å². The van der Waals surface area contributed by atoms with Gasteiger partial charge in [0.1, 0.15) is 6.73 Å². The second-order valence-corrected chi connectivity index (χ2v) is 8.55. The molecule has 0 bridgehead atoms. The fourth-order valence-electron chi connectivity index (χ4n) is 2.08. The SMILES string of the molecule is CC(=O)OCOP(Cc1ccccc1)C(COS)(COS)OCN(C)C(C)=O. The van der Waals surface area contributed by atoms with Gasteiger partial charge in [-0.05, 0) is 31.4 Å².